The van der Waals surface area contributed by atoms with Gasteiger partial charge in [-0.2, -0.15) is 0 Å². The lowest BCUT2D eigenvalue weighted by atomic mass is 10.2. The number of carbonyl (C=O) groups is 1. The second kappa shape index (κ2) is 5.81. The molecule has 0 saturated carbocycles. The number of hydrogen-bond acceptors (Lipinski definition) is 2. The van der Waals surface area contributed by atoms with Crippen LogP contribution < -0.4 is 5.32 Å². The van der Waals surface area contributed by atoms with Crippen LogP contribution in [-0.2, 0) is 4.79 Å². The molecular formula is C10H19NO. The molecular weight excluding hydrogens is 150 g/mol. The average molecular weight is 169 g/mol. The minimum absolute atomic E-state index is 0.194. The van der Waals surface area contributed by atoms with Crippen LogP contribution in [0.25, 0.3) is 0 Å². The first kappa shape index (κ1) is 11.2. The summed E-state index contributed by atoms with van der Waals surface area (Å²) in [6.45, 7) is 8.06. The molecule has 2 heteroatoms. The standard InChI is InChI=1S/C10H19NO/c1-5-9(11-8(3)4)7-10(12)6-2/h7-8,11H,5-6H2,1-4H3. The first-order valence-corrected chi connectivity index (χ1v) is 4.60. The van der Waals surface area contributed by atoms with Crippen molar-refractivity contribution in [1.29, 1.82) is 0 Å². The third-order valence-electron chi connectivity index (χ3n) is 1.54. The van der Waals surface area contributed by atoms with Gasteiger partial charge in [-0.3, -0.25) is 4.79 Å². The van der Waals surface area contributed by atoms with Crippen molar-refractivity contribution >= 4 is 5.78 Å². The third-order valence-corrected chi connectivity index (χ3v) is 1.54. The van der Waals surface area contributed by atoms with E-state index in [2.05, 4.69) is 19.2 Å². The van der Waals surface area contributed by atoms with Gasteiger partial charge < -0.3 is 5.32 Å². The Hall–Kier alpha value is -0.790. The maximum Gasteiger partial charge on any atom is 0.157 e. The number of carbonyl (C=O) groups excluding carboxylic acids is 1. The summed E-state index contributed by atoms with van der Waals surface area (Å²) in [5.41, 5.74) is 1.04. The maximum absolute atomic E-state index is 11.0. The summed E-state index contributed by atoms with van der Waals surface area (Å²) in [6, 6.07) is 0.404. The number of hydrogen-bond donors (Lipinski definition) is 1. The number of allylic oxidation sites excluding steroid dienone is 2. The molecule has 0 fully saturated rings. The maximum atomic E-state index is 11.0. The Morgan fingerprint density at radius 1 is 1.33 bits per heavy atom. The first-order chi connectivity index (χ1) is 5.60. The quantitative estimate of drug-likeness (QED) is 0.640. The van der Waals surface area contributed by atoms with Gasteiger partial charge >= 0.3 is 0 Å². The summed E-state index contributed by atoms with van der Waals surface area (Å²) < 4.78 is 0. The summed E-state index contributed by atoms with van der Waals surface area (Å²) in [6.07, 6.45) is 3.19. The van der Waals surface area contributed by atoms with Gasteiger partial charge in [-0.05, 0) is 26.3 Å². The van der Waals surface area contributed by atoms with E-state index < -0.39 is 0 Å². The van der Waals surface area contributed by atoms with Crippen molar-refractivity contribution in [1.82, 2.24) is 5.32 Å². The van der Waals surface area contributed by atoms with E-state index in [0.717, 1.165) is 12.1 Å². The molecule has 0 atom stereocenters. The fraction of sp³-hybridized carbons (Fsp3) is 0.700. The van der Waals surface area contributed by atoms with E-state index in [-0.39, 0.29) is 5.78 Å². The molecule has 0 aromatic carbocycles. The summed E-state index contributed by atoms with van der Waals surface area (Å²) >= 11 is 0. The molecule has 0 spiro atoms. The Balaban J connectivity index is 4.13. The highest BCUT2D eigenvalue weighted by atomic mass is 16.1. The third kappa shape index (κ3) is 4.94. The van der Waals surface area contributed by atoms with Crippen LogP contribution in [0.1, 0.15) is 40.5 Å². The molecule has 0 aliphatic carbocycles. The Morgan fingerprint density at radius 3 is 2.25 bits per heavy atom. The van der Waals surface area contributed by atoms with Crippen molar-refractivity contribution in [2.75, 3.05) is 0 Å². The Labute approximate surface area is 75.0 Å². The van der Waals surface area contributed by atoms with E-state index in [1.165, 1.54) is 0 Å². The van der Waals surface area contributed by atoms with Crippen LogP contribution in [-0.4, -0.2) is 11.8 Å². The van der Waals surface area contributed by atoms with E-state index in [9.17, 15) is 4.79 Å². The van der Waals surface area contributed by atoms with Gasteiger partial charge in [0.2, 0.25) is 0 Å². The topological polar surface area (TPSA) is 29.1 Å². The van der Waals surface area contributed by atoms with Crippen LogP contribution in [0.3, 0.4) is 0 Å². The minimum atomic E-state index is 0.194. The largest absolute Gasteiger partial charge is 0.386 e. The van der Waals surface area contributed by atoms with Gasteiger partial charge in [-0.25, -0.2) is 0 Å². The van der Waals surface area contributed by atoms with E-state index >= 15 is 0 Å². The van der Waals surface area contributed by atoms with Crippen molar-refractivity contribution in [2.45, 2.75) is 46.6 Å². The molecule has 0 aromatic heterocycles. The highest BCUT2D eigenvalue weighted by molar-refractivity contribution is 5.89. The van der Waals surface area contributed by atoms with Crippen molar-refractivity contribution in [3.63, 3.8) is 0 Å². The van der Waals surface area contributed by atoms with Gasteiger partial charge in [-0.15, -0.1) is 0 Å². The van der Waals surface area contributed by atoms with Crippen molar-refractivity contribution in [2.24, 2.45) is 0 Å². The molecule has 0 rings (SSSR count). The summed E-state index contributed by atoms with van der Waals surface area (Å²) in [7, 11) is 0. The first-order valence-electron chi connectivity index (χ1n) is 4.60. The zero-order valence-corrected chi connectivity index (χ0v) is 8.48. The molecule has 0 bridgehead atoms. The average Bonchev–Trinajstić information content (AvgIpc) is 2.02. The predicted molar refractivity (Wildman–Crippen MR) is 51.9 cm³/mol. The second-order valence-electron chi connectivity index (χ2n) is 3.14. The van der Waals surface area contributed by atoms with Crippen LogP contribution in [0, 0.1) is 0 Å². The minimum Gasteiger partial charge on any atom is -0.386 e. The molecule has 0 unspecified atom stereocenters. The zero-order valence-electron chi connectivity index (χ0n) is 8.48. The van der Waals surface area contributed by atoms with Crippen LogP contribution in [0.2, 0.25) is 0 Å². The van der Waals surface area contributed by atoms with Gasteiger partial charge in [0, 0.05) is 18.2 Å². The molecule has 70 valence electrons. The number of ketones is 1. The van der Waals surface area contributed by atoms with Crippen LogP contribution in [0.4, 0.5) is 0 Å². The zero-order chi connectivity index (χ0) is 9.56. The predicted octanol–water partition coefficient (Wildman–Crippen LogP) is 2.26. The lowest BCUT2D eigenvalue weighted by molar-refractivity contribution is -0.114. The van der Waals surface area contributed by atoms with Gasteiger partial charge in [0.05, 0.1) is 0 Å². The monoisotopic (exact) mass is 169 g/mol. The van der Waals surface area contributed by atoms with Crippen molar-refractivity contribution < 1.29 is 4.79 Å². The van der Waals surface area contributed by atoms with E-state index in [1.807, 2.05) is 13.8 Å². The molecule has 12 heavy (non-hydrogen) atoms. The summed E-state index contributed by atoms with van der Waals surface area (Å²) in [4.78, 5) is 11.0. The molecule has 0 saturated heterocycles. The lowest BCUT2D eigenvalue weighted by Gasteiger charge is -2.11. The molecule has 0 radical (unpaired) electrons. The molecule has 0 heterocycles. The van der Waals surface area contributed by atoms with E-state index in [4.69, 9.17) is 0 Å². The lowest BCUT2D eigenvalue weighted by Crippen LogP contribution is -2.22. The van der Waals surface area contributed by atoms with Crippen molar-refractivity contribution in [3.05, 3.63) is 11.8 Å². The van der Waals surface area contributed by atoms with Gasteiger partial charge in [0.15, 0.2) is 5.78 Å². The molecule has 2 nitrogen and oxygen atoms in total. The van der Waals surface area contributed by atoms with Crippen LogP contribution in [0.15, 0.2) is 11.8 Å². The van der Waals surface area contributed by atoms with Crippen LogP contribution >= 0.6 is 0 Å². The SMILES string of the molecule is CCC(=O)C=C(CC)NC(C)C. The normalized spacial score (nSPS) is 11.9. The Kier molecular flexibility index (Phi) is 5.43. The Morgan fingerprint density at radius 2 is 1.92 bits per heavy atom. The molecule has 0 amide bonds. The van der Waals surface area contributed by atoms with Crippen molar-refractivity contribution in [3.8, 4) is 0 Å². The summed E-state index contributed by atoms with van der Waals surface area (Å²) in [5.74, 6) is 0.194. The highest BCUT2D eigenvalue weighted by Crippen LogP contribution is 1.99. The second-order valence-corrected chi connectivity index (χ2v) is 3.14. The van der Waals surface area contributed by atoms with E-state index in [1.54, 1.807) is 6.08 Å². The fourth-order valence-electron chi connectivity index (χ4n) is 0.913. The fourth-order valence-corrected chi connectivity index (χ4v) is 0.913. The van der Waals surface area contributed by atoms with E-state index in [0.29, 0.717) is 12.5 Å². The smallest absolute Gasteiger partial charge is 0.157 e. The van der Waals surface area contributed by atoms with Gasteiger partial charge in [0.1, 0.15) is 0 Å². The Bertz CT molecular complexity index is 171. The summed E-state index contributed by atoms with van der Waals surface area (Å²) in [5, 5.41) is 3.24. The molecule has 0 aliphatic heterocycles. The highest BCUT2D eigenvalue weighted by Gasteiger charge is 1.99. The molecule has 0 aliphatic rings. The number of nitrogens with one attached hydrogen (secondary N) is 1. The van der Waals surface area contributed by atoms with Gasteiger partial charge in [-0.1, -0.05) is 13.8 Å². The van der Waals surface area contributed by atoms with Gasteiger partial charge in [0.25, 0.3) is 0 Å². The number of rotatable bonds is 5. The molecule has 1 N–H and O–H groups in total. The van der Waals surface area contributed by atoms with Crippen LogP contribution in [0.5, 0.6) is 0 Å². The molecule has 0 aromatic rings.